The molecule has 2 aromatic heterocycles. The van der Waals surface area contributed by atoms with Gasteiger partial charge < -0.3 is 15.8 Å². The first-order valence-corrected chi connectivity index (χ1v) is 7.00. The predicted molar refractivity (Wildman–Crippen MR) is 78.6 cm³/mol. The van der Waals surface area contributed by atoms with Crippen LogP contribution in [0.3, 0.4) is 0 Å². The Morgan fingerprint density at radius 3 is 2.79 bits per heavy atom. The molecular formula is C13H18N4OS. The number of ether oxygens (including phenoxy) is 1. The van der Waals surface area contributed by atoms with E-state index in [4.69, 9.17) is 10.5 Å². The van der Waals surface area contributed by atoms with Gasteiger partial charge in [-0.3, -0.25) is 0 Å². The largest absolute Gasteiger partial charge is 0.473 e. The van der Waals surface area contributed by atoms with Crippen molar-refractivity contribution < 1.29 is 4.74 Å². The zero-order valence-electron chi connectivity index (χ0n) is 11.3. The Morgan fingerprint density at radius 2 is 2.16 bits per heavy atom. The molecule has 2 heterocycles. The molecule has 6 heteroatoms. The molecule has 0 fully saturated rings. The van der Waals surface area contributed by atoms with Crippen molar-refractivity contribution in [1.82, 2.24) is 9.97 Å². The molecule has 0 bridgehead atoms. The maximum atomic E-state index is 5.82. The van der Waals surface area contributed by atoms with E-state index in [1.807, 2.05) is 32.2 Å². The summed E-state index contributed by atoms with van der Waals surface area (Å²) in [5.74, 6) is 1.20. The molecule has 3 N–H and O–H groups in total. The minimum absolute atomic E-state index is 0.0474. The lowest BCUT2D eigenvalue weighted by atomic mass is 10.3. The SMILES string of the molecule is Cc1nc(CNc2ccc(N)c(OC(C)C)n2)cs1. The third-order valence-electron chi connectivity index (χ3n) is 2.35. The lowest BCUT2D eigenvalue weighted by molar-refractivity contribution is 0.234. The van der Waals surface area contributed by atoms with Crippen LogP contribution in [-0.4, -0.2) is 16.1 Å². The van der Waals surface area contributed by atoms with Crippen LogP contribution < -0.4 is 15.8 Å². The average molecular weight is 278 g/mol. The third-order valence-corrected chi connectivity index (χ3v) is 3.18. The van der Waals surface area contributed by atoms with Crippen LogP contribution in [0.2, 0.25) is 0 Å². The summed E-state index contributed by atoms with van der Waals surface area (Å²) in [7, 11) is 0. The minimum Gasteiger partial charge on any atom is -0.473 e. The number of thiazole rings is 1. The van der Waals surface area contributed by atoms with E-state index < -0.39 is 0 Å². The molecule has 2 rings (SSSR count). The van der Waals surface area contributed by atoms with Gasteiger partial charge in [0.15, 0.2) is 0 Å². The van der Waals surface area contributed by atoms with Crippen molar-refractivity contribution in [2.75, 3.05) is 11.1 Å². The number of anilines is 2. The van der Waals surface area contributed by atoms with E-state index in [0.717, 1.165) is 16.5 Å². The van der Waals surface area contributed by atoms with E-state index in [2.05, 4.69) is 15.3 Å². The van der Waals surface area contributed by atoms with Gasteiger partial charge in [-0.25, -0.2) is 4.98 Å². The van der Waals surface area contributed by atoms with Crippen LogP contribution in [0.4, 0.5) is 11.5 Å². The van der Waals surface area contributed by atoms with Crippen LogP contribution in [0, 0.1) is 6.92 Å². The Labute approximate surface area is 116 Å². The molecule has 19 heavy (non-hydrogen) atoms. The van der Waals surface area contributed by atoms with Gasteiger partial charge >= 0.3 is 0 Å². The fourth-order valence-electron chi connectivity index (χ4n) is 1.54. The number of nitrogen functional groups attached to an aromatic ring is 1. The van der Waals surface area contributed by atoms with Crippen molar-refractivity contribution in [2.45, 2.75) is 33.4 Å². The molecule has 2 aromatic rings. The summed E-state index contributed by atoms with van der Waals surface area (Å²) in [6.45, 7) is 6.52. The highest BCUT2D eigenvalue weighted by atomic mass is 32.1. The third kappa shape index (κ3) is 3.82. The highest BCUT2D eigenvalue weighted by Crippen LogP contribution is 2.22. The van der Waals surface area contributed by atoms with Gasteiger partial charge in [0.25, 0.3) is 0 Å². The summed E-state index contributed by atoms with van der Waals surface area (Å²) < 4.78 is 5.55. The maximum absolute atomic E-state index is 5.82. The number of nitrogens with two attached hydrogens (primary N) is 1. The van der Waals surface area contributed by atoms with E-state index in [-0.39, 0.29) is 6.10 Å². The quantitative estimate of drug-likeness (QED) is 0.879. The first-order chi connectivity index (χ1) is 9.04. The number of nitrogens with one attached hydrogen (secondary N) is 1. The van der Waals surface area contributed by atoms with Crippen LogP contribution in [0.5, 0.6) is 5.88 Å². The first-order valence-electron chi connectivity index (χ1n) is 6.12. The number of pyridine rings is 1. The van der Waals surface area contributed by atoms with Gasteiger partial charge in [0.05, 0.1) is 29.0 Å². The van der Waals surface area contributed by atoms with Crippen LogP contribution in [0.15, 0.2) is 17.5 Å². The summed E-state index contributed by atoms with van der Waals surface area (Å²) in [4.78, 5) is 8.74. The Balaban J connectivity index is 2.04. The highest BCUT2D eigenvalue weighted by molar-refractivity contribution is 7.09. The van der Waals surface area contributed by atoms with Gasteiger partial charge in [-0.2, -0.15) is 4.98 Å². The van der Waals surface area contributed by atoms with Crippen LogP contribution >= 0.6 is 11.3 Å². The fraction of sp³-hybridized carbons (Fsp3) is 0.385. The zero-order valence-corrected chi connectivity index (χ0v) is 12.1. The highest BCUT2D eigenvalue weighted by Gasteiger charge is 2.07. The lowest BCUT2D eigenvalue weighted by Crippen LogP contribution is -2.10. The standard InChI is InChI=1S/C13H18N4OS/c1-8(2)18-13-11(14)4-5-12(17-13)15-6-10-7-19-9(3)16-10/h4-5,7-8H,6,14H2,1-3H3,(H,15,17). The molecule has 0 aromatic carbocycles. The average Bonchev–Trinajstić information content (AvgIpc) is 2.75. The van der Waals surface area contributed by atoms with E-state index >= 15 is 0 Å². The van der Waals surface area contributed by atoms with Crippen LogP contribution in [0.1, 0.15) is 24.5 Å². The van der Waals surface area contributed by atoms with Crippen molar-refractivity contribution in [1.29, 1.82) is 0 Å². The van der Waals surface area contributed by atoms with Crippen molar-refractivity contribution >= 4 is 22.8 Å². The molecule has 0 unspecified atom stereocenters. The topological polar surface area (TPSA) is 73.1 Å². The molecule has 102 valence electrons. The molecule has 0 atom stereocenters. The van der Waals surface area contributed by atoms with Crippen LogP contribution in [-0.2, 0) is 6.54 Å². The number of nitrogens with zero attached hydrogens (tertiary/aromatic N) is 2. The Morgan fingerprint density at radius 1 is 1.37 bits per heavy atom. The molecule has 0 amide bonds. The van der Waals surface area contributed by atoms with Crippen molar-refractivity contribution in [2.24, 2.45) is 0 Å². The number of aryl methyl sites for hydroxylation is 1. The van der Waals surface area contributed by atoms with E-state index in [9.17, 15) is 0 Å². The van der Waals surface area contributed by atoms with Gasteiger partial charge in [-0.15, -0.1) is 11.3 Å². The van der Waals surface area contributed by atoms with Gasteiger partial charge in [0.1, 0.15) is 5.82 Å². The fourth-order valence-corrected chi connectivity index (χ4v) is 2.15. The summed E-state index contributed by atoms with van der Waals surface area (Å²) in [6.07, 6.45) is 0.0474. The van der Waals surface area contributed by atoms with Crippen molar-refractivity contribution in [3.63, 3.8) is 0 Å². The molecule has 0 radical (unpaired) electrons. The second-order valence-electron chi connectivity index (χ2n) is 4.47. The van der Waals surface area contributed by atoms with Gasteiger partial charge in [-0.05, 0) is 32.9 Å². The van der Waals surface area contributed by atoms with Crippen molar-refractivity contribution in [3.05, 3.63) is 28.2 Å². The van der Waals surface area contributed by atoms with E-state index in [1.54, 1.807) is 17.4 Å². The first kappa shape index (κ1) is 13.6. The summed E-state index contributed by atoms with van der Waals surface area (Å²) in [6, 6.07) is 3.63. The maximum Gasteiger partial charge on any atom is 0.239 e. The molecular weight excluding hydrogens is 260 g/mol. The summed E-state index contributed by atoms with van der Waals surface area (Å²) >= 11 is 1.64. The van der Waals surface area contributed by atoms with E-state index in [0.29, 0.717) is 18.1 Å². The zero-order chi connectivity index (χ0) is 13.8. The van der Waals surface area contributed by atoms with Crippen LogP contribution in [0.25, 0.3) is 0 Å². The number of hydrogen-bond acceptors (Lipinski definition) is 6. The van der Waals surface area contributed by atoms with Gasteiger partial charge in [0, 0.05) is 5.38 Å². The van der Waals surface area contributed by atoms with Crippen molar-refractivity contribution in [3.8, 4) is 5.88 Å². The smallest absolute Gasteiger partial charge is 0.239 e. The molecule has 0 saturated carbocycles. The van der Waals surface area contributed by atoms with E-state index in [1.165, 1.54) is 0 Å². The van der Waals surface area contributed by atoms with Gasteiger partial charge in [0.2, 0.25) is 5.88 Å². The molecule has 0 aliphatic heterocycles. The lowest BCUT2D eigenvalue weighted by Gasteiger charge is -2.12. The predicted octanol–water partition coefficient (Wildman–Crippen LogP) is 2.83. The minimum atomic E-state index is 0.0474. The normalized spacial score (nSPS) is 10.7. The molecule has 0 aliphatic carbocycles. The molecule has 5 nitrogen and oxygen atoms in total. The second-order valence-corrected chi connectivity index (χ2v) is 5.53. The summed E-state index contributed by atoms with van der Waals surface area (Å²) in [5.41, 5.74) is 7.37. The number of aromatic nitrogens is 2. The molecule has 0 saturated heterocycles. The Kier molecular flexibility index (Phi) is 4.21. The second kappa shape index (κ2) is 5.88. The molecule has 0 spiro atoms. The molecule has 0 aliphatic rings. The number of hydrogen-bond donors (Lipinski definition) is 2. The summed E-state index contributed by atoms with van der Waals surface area (Å²) in [5, 5.41) is 6.31. The Bertz CT molecular complexity index is 553. The number of rotatable bonds is 5. The van der Waals surface area contributed by atoms with Gasteiger partial charge in [-0.1, -0.05) is 0 Å². The monoisotopic (exact) mass is 278 g/mol. The Hall–Kier alpha value is -1.82.